The Morgan fingerprint density at radius 1 is 0.968 bits per heavy atom. The van der Waals surface area contributed by atoms with Gasteiger partial charge < -0.3 is 10.0 Å². The second-order valence-electron chi connectivity index (χ2n) is 7.81. The van der Waals surface area contributed by atoms with Gasteiger partial charge in [0.25, 0.3) is 11.1 Å². The summed E-state index contributed by atoms with van der Waals surface area (Å²) in [6.07, 6.45) is 1.66. The van der Waals surface area contributed by atoms with Gasteiger partial charge in [-0.05, 0) is 37.1 Å². The summed E-state index contributed by atoms with van der Waals surface area (Å²) in [5, 5.41) is 10.7. The molecule has 0 saturated carbocycles. The number of aliphatic hydroxyl groups is 1. The van der Waals surface area contributed by atoms with E-state index in [0.717, 1.165) is 12.8 Å². The number of aromatic nitrogens is 4. The second-order valence-corrected chi connectivity index (χ2v) is 7.81. The molecule has 2 aromatic heterocycles. The summed E-state index contributed by atoms with van der Waals surface area (Å²) in [4.78, 5) is 37.8. The minimum Gasteiger partial charge on any atom is -0.395 e. The normalized spacial score (nSPS) is 16.5. The van der Waals surface area contributed by atoms with E-state index in [1.54, 1.807) is 28.3 Å². The second kappa shape index (κ2) is 7.63. The van der Waals surface area contributed by atoms with Crippen molar-refractivity contribution < 1.29 is 5.11 Å². The summed E-state index contributed by atoms with van der Waals surface area (Å²) in [5.74, 6) is 1.15. The van der Waals surface area contributed by atoms with E-state index in [4.69, 9.17) is 9.97 Å². The van der Waals surface area contributed by atoms with Gasteiger partial charge in [-0.1, -0.05) is 24.3 Å². The molecule has 2 aromatic carbocycles. The first-order valence-electron chi connectivity index (χ1n) is 10.4. The van der Waals surface area contributed by atoms with Gasteiger partial charge in [0.15, 0.2) is 0 Å². The number of benzene rings is 2. The van der Waals surface area contributed by atoms with Gasteiger partial charge in [-0.15, -0.1) is 0 Å². The van der Waals surface area contributed by atoms with E-state index in [-0.39, 0.29) is 30.3 Å². The maximum atomic E-state index is 13.2. The number of hydrogen-bond acceptors (Lipinski definition) is 6. The summed E-state index contributed by atoms with van der Waals surface area (Å²) < 4.78 is 3.13. The summed E-state index contributed by atoms with van der Waals surface area (Å²) in [7, 11) is 1.72. The van der Waals surface area contributed by atoms with Gasteiger partial charge in [0.1, 0.15) is 5.82 Å². The highest BCUT2D eigenvalue weighted by atomic mass is 16.3. The monoisotopic (exact) mass is 417 g/mol. The lowest BCUT2D eigenvalue weighted by Crippen LogP contribution is -2.36. The van der Waals surface area contributed by atoms with E-state index < -0.39 is 0 Å². The van der Waals surface area contributed by atoms with Gasteiger partial charge in [-0.2, -0.15) is 0 Å². The number of hydrogen-bond donors (Lipinski definition) is 1. The fourth-order valence-electron chi connectivity index (χ4n) is 4.49. The summed E-state index contributed by atoms with van der Waals surface area (Å²) in [6, 6.07) is 14.3. The van der Waals surface area contributed by atoms with Crippen LogP contribution in [-0.2, 0) is 13.6 Å². The Labute approximate surface area is 178 Å². The molecule has 1 atom stereocenters. The van der Waals surface area contributed by atoms with Gasteiger partial charge >= 0.3 is 0 Å². The zero-order valence-electron chi connectivity index (χ0n) is 17.2. The molecule has 1 N–H and O–H groups in total. The summed E-state index contributed by atoms with van der Waals surface area (Å²) in [5.41, 5.74) is 1.00. The number of para-hydroxylation sites is 2. The molecule has 3 heterocycles. The average Bonchev–Trinajstić information content (AvgIpc) is 3.27. The lowest BCUT2D eigenvalue weighted by atomic mass is 10.1. The molecule has 8 heteroatoms. The van der Waals surface area contributed by atoms with Crippen LogP contribution >= 0.6 is 0 Å². The Morgan fingerprint density at radius 3 is 2.32 bits per heavy atom. The highest BCUT2D eigenvalue weighted by Gasteiger charge is 2.33. The first kappa shape index (κ1) is 19.4. The molecule has 8 nitrogen and oxygen atoms in total. The zero-order chi connectivity index (χ0) is 21.5. The van der Waals surface area contributed by atoms with Gasteiger partial charge in [0.2, 0.25) is 5.95 Å². The summed E-state index contributed by atoms with van der Waals surface area (Å²) in [6.45, 7) is 0.706. The topological polar surface area (TPSA) is 93.2 Å². The van der Waals surface area contributed by atoms with Gasteiger partial charge in [0.05, 0.1) is 41.0 Å². The molecule has 1 aliphatic heterocycles. The van der Waals surface area contributed by atoms with Crippen molar-refractivity contribution in [1.82, 2.24) is 19.1 Å². The summed E-state index contributed by atoms with van der Waals surface area (Å²) >= 11 is 0. The number of fused-ring (bicyclic) bond motifs is 2. The average molecular weight is 417 g/mol. The first-order valence-corrected chi connectivity index (χ1v) is 10.4. The van der Waals surface area contributed by atoms with E-state index in [2.05, 4.69) is 4.90 Å². The van der Waals surface area contributed by atoms with Crippen LogP contribution in [0.3, 0.4) is 0 Å². The highest BCUT2D eigenvalue weighted by Crippen LogP contribution is 2.34. The van der Waals surface area contributed by atoms with Crippen molar-refractivity contribution in [3.8, 4) is 0 Å². The first-order chi connectivity index (χ1) is 15.1. The quantitative estimate of drug-likeness (QED) is 0.546. The molecule has 4 aromatic rings. The molecule has 1 unspecified atom stereocenters. The molecule has 1 fully saturated rings. The minimum atomic E-state index is -0.219. The van der Waals surface area contributed by atoms with Crippen LogP contribution in [-0.4, -0.2) is 37.4 Å². The molecule has 0 radical (unpaired) electrons. The van der Waals surface area contributed by atoms with Crippen molar-refractivity contribution in [2.75, 3.05) is 18.1 Å². The van der Waals surface area contributed by atoms with Crippen LogP contribution in [0.4, 0.5) is 5.95 Å². The Hall–Kier alpha value is -3.52. The Kier molecular flexibility index (Phi) is 4.78. The zero-order valence-corrected chi connectivity index (χ0v) is 17.2. The smallest absolute Gasteiger partial charge is 0.262 e. The van der Waals surface area contributed by atoms with Crippen LogP contribution in [0.15, 0.2) is 58.1 Å². The van der Waals surface area contributed by atoms with Gasteiger partial charge in [-0.25, -0.2) is 9.97 Å². The van der Waals surface area contributed by atoms with Crippen molar-refractivity contribution in [3.63, 3.8) is 0 Å². The van der Waals surface area contributed by atoms with Crippen molar-refractivity contribution in [1.29, 1.82) is 0 Å². The van der Waals surface area contributed by atoms with E-state index in [9.17, 15) is 14.7 Å². The Balaban J connectivity index is 1.70. The predicted octanol–water partition coefficient (Wildman–Crippen LogP) is 1.98. The molecule has 1 aliphatic rings. The molecule has 5 rings (SSSR count). The maximum Gasteiger partial charge on any atom is 0.262 e. The van der Waals surface area contributed by atoms with Crippen LogP contribution in [0, 0.1) is 0 Å². The van der Waals surface area contributed by atoms with Crippen LogP contribution in [0.25, 0.3) is 21.8 Å². The van der Waals surface area contributed by atoms with Crippen LogP contribution in [0.1, 0.15) is 24.7 Å². The molecular formula is C23H23N5O3. The van der Waals surface area contributed by atoms with E-state index in [1.165, 1.54) is 0 Å². The largest absolute Gasteiger partial charge is 0.395 e. The number of rotatable bonds is 4. The van der Waals surface area contributed by atoms with Crippen molar-refractivity contribution in [2.24, 2.45) is 7.05 Å². The number of anilines is 1. The fraction of sp³-hybridized carbons (Fsp3) is 0.304. The molecular weight excluding hydrogens is 394 g/mol. The molecule has 1 saturated heterocycles. The SMILES string of the molecule is Cn1c(N2CCCC2c2nc3ccccc3c(=O)n2CCO)nc2ccccc2c1=O. The lowest BCUT2D eigenvalue weighted by molar-refractivity contribution is 0.270. The highest BCUT2D eigenvalue weighted by molar-refractivity contribution is 5.79. The van der Waals surface area contributed by atoms with E-state index in [0.29, 0.717) is 40.1 Å². The predicted molar refractivity (Wildman–Crippen MR) is 119 cm³/mol. The van der Waals surface area contributed by atoms with Crippen molar-refractivity contribution in [3.05, 3.63) is 75.1 Å². The van der Waals surface area contributed by atoms with Gasteiger partial charge in [0, 0.05) is 13.6 Å². The Bertz CT molecular complexity index is 1410. The molecule has 31 heavy (non-hydrogen) atoms. The fourth-order valence-corrected chi connectivity index (χ4v) is 4.49. The number of aliphatic hydroxyl groups excluding tert-OH is 1. The minimum absolute atomic E-state index is 0.106. The lowest BCUT2D eigenvalue weighted by Gasteiger charge is -2.28. The van der Waals surface area contributed by atoms with Gasteiger partial charge in [-0.3, -0.25) is 18.7 Å². The molecule has 158 valence electrons. The standard InChI is InChI=1S/C23H23N5O3/c1-26-21(30)15-7-2-5-10-18(15)25-23(26)27-12-6-11-19(27)20-24-17-9-4-3-8-16(17)22(31)28(20)13-14-29/h2-5,7-10,19,29H,6,11-14H2,1H3. The molecule has 0 amide bonds. The third kappa shape index (κ3) is 3.11. The maximum absolute atomic E-state index is 13.2. The molecule has 0 spiro atoms. The van der Waals surface area contributed by atoms with Crippen LogP contribution in [0.2, 0.25) is 0 Å². The van der Waals surface area contributed by atoms with Crippen LogP contribution < -0.4 is 16.0 Å². The Morgan fingerprint density at radius 2 is 1.61 bits per heavy atom. The van der Waals surface area contributed by atoms with E-state index in [1.807, 2.05) is 36.4 Å². The van der Waals surface area contributed by atoms with Crippen molar-refractivity contribution >= 4 is 27.8 Å². The molecule has 0 aliphatic carbocycles. The number of nitrogens with zero attached hydrogens (tertiary/aromatic N) is 5. The molecule has 0 bridgehead atoms. The van der Waals surface area contributed by atoms with Crippen molar-refractivity contribution in [2.45, 2.75) is 25.4 Å². The third-order valence-corrected chi connectivity index (χ3v) is 5.98. The van der Waals surface area contributed by atoms with Crippen LogP contribution in [0.5, 0.6) is 0 Å². The third-order valence-electron chi connectivity index (χ3n) is 5.98. The van der Waals surface area contributed by atoms with E-state index >= 15 is 0 Å².